The number of esters is 1. The molecule has 2 aromatic rings. The van der Waals surface area contributed by atoms with E-state index < -0.39 is 5.97 Å². The maximum Gasteiger partial charge on any atom is 0.343 e. The number of carbonyl (C=O) groups excluding carboxylic acids is 1. The fourth-order valence-corrected chi connectivity index (χ4v) is 1.88. The molecule has 0 aliphatic carbocycles. The molecule has 0 heterocycles. The number of benzene rings is 2. The highest BCUT2D eigenvalue weighted by molar-refractivity contribution is 6.34. The second kappa shape index (κ2) is 5.29. The molecular formula is C13H9Cl2NO2. The number of hydrogen-bond donors (Lipinski definition) is 1. The molecule has 92 valence electrons. The van der Waals surface area contributed by atoms with Crippen molar-refractivity contribution < 1.29 is 9.53 Å². The van der Waals surface area contributed by atoms with Gasteiger partial charge in [0, 0.05) is 15.7 Å². The van der Waals surface area contributed by atoms with Crippen LogP contribution in [0.3, 0.4) is 0 Å². The topological polar surface area (TPSA) is 52.3 Å². The fourth-order valence-electron chi connectivity index (χ4n) is 1.37. The predicted octanol–water partition coefficient (Wildman–Crippen LogP) is 3.79. The standard InChI is InChI=1S/C13H9Cl2NO2/c14-9-5-10(15)7-12(6-9)18-13(17)8-1-3-11(16)4-2-8/h1-7H,16H2. The van der Waals surface area contributed by atoms with Crippen LogP contribution in [0.15, 0.2) is 42.5 Å². The van der Waals surface area contributed by atoms with Gasteiger partial charge in [-0.3, -0.25) is 0 Å². The van der Waals surface area contributed by atoms with Crippen LogP contribution in [0.2, 0.25) is 10.0 Å². The third-order valence-corrected chi connectivity index (χ3v) is 2.63. The van der Waals surface area contributed by atoms with E-state index in [1.54, 1.807) is 30.3 Å². The Morgan fingerprint density at radius 3 is 2.11 bits per heavy atom. The number of carbonyl (C=O) groups is 1. The van der Waals surface area contributed by atoms with E-state index in [0.717, 1.165) is 0 Å². The van der Waals surface area contributed by atoms with Crippen LogP contribution in [0.4, 0.5) is 5.69 Å². The molecule has 18 heavy (non-hydrogen) atoms. The van der Waals surface area contributed by atoms with Crippen LogP contribution in [-0.2, 0) is 0 Å². The van der Waals surface area contributed by atoms with Crippen LogP contribution in [0, 0.1) is 0 Å². The molecular weight excluding hydrogens is 273 g/mol. The molecule has 0 amide bonds. The summed E-state index contributed by atoms with van der Waals surface area (Å²) in [5.41, 5.74) is 6.52. The molecule has 5 heteroatoms. The summed E-state index contributed by atoms with van der Waals surface area (Å²) in [5.74, 6) is -0.192. The first-order chi connectivity index (χ1) is 8.54. The van der Waals surface area contributed by atoms with E-state index in [-0.39, 0.29) is 0 Å². The van der Waals surface area contributed by atoms with Gasteiger partial charge in [0.05, 0.1) is 5.56 Å². The van der Waals surface area contributed by atoms with E-state index >= 15 is 0 Å². The van der Waals surface area contributed by atoms with Crippen molar-refractivity contribution in [2.24, 2.45) is 0 Å². The molecule has 2 rings (SSSR count). The summed E-state index contributed by atoms with van der Waals surface area (Å²) < 4.78 is 5.15. The average molecular weight is 282 g/mol. The molecule has 0 bridgehead atoms. The van der Waals surface area contributed by atoms with Crippen LogP contribution in [0.5, 0.6) is 5.75 Å². The Kier molecular flexibility index (Phi) is 3.75. The van der Waals surface area contributed by atoms with Crippen LogP contribution in [0.1, 0.15) is 10.4 Å². The minimum absolute atomic E-state index is 0.300. The van der Waals surface area contributed by atoms with Gasteiger partial charge >= 0.3 is 5.97 Å². The minimum Gasteiger partial charge on any atom is -0.423 e. The third-order valence-electron chi connectivity index (χ3n) is 2.19. The van der Waals surface area contributed by atoms with Crippen molar-refractivity contribution in [2.45, 2.75) is 0 Å². The summed E-state index contributed by atoms with van der Waals surface area (Å²) in [7, 11) is 0. The zero-order valence-electron chi connectivity index (χ0n) is 9.19. The Hall–Kier alpha value is -1.71. The lowest BCUT2D eigenvalue weighted by Crippen LogP contribution is -2.08. The van der Waals surface area contributed by atoms with Crippen LogP contribution in [-0.4, -0.2) is 5.97 Å². The van der Waals surface area contributed by atoms with Crippen LogP contribution >= 0.6 is 23.2 Å². The second-order valence-corrected chi connectivity index (χ2v) is 4.49. The van der Waals surface area contributed by atoms with E-state index in [0.29, 0.717) is 27.0 Å². The van der Waals surface area contributed by atoms with Gasteiger partial charge in [-0.2, -0.15) is 0 Å². The van der Waals surface area contributed by atoms with Gasteiger partial charge in [-0.15, -0.1) is 0 Å². The smallest absolute Gasteiger partial charge is 0.343 e. The lowest BCUT2D eigenvalue weighted by molar-refractivity contribution is 0.0735. The van der Waals surface area contributed by atoms with Gasteiger partial charge in [-0.05, 0) is 42.5 Å². The molecule has 0 fully saturated rings. The largest absolute Gasteiger partial charge is 0.423 e. The van der Waals surface area contributed by atoms with Gasteiger partial charge in [-0.1, -0.05) is 23.2 Å². The van der Waals surface area contributed by atoms with Gasteiger partial charge in [-0.25, -0.2) is 4.79 Å². The zero-order chi connectivity index (χ0) is 13.1. The maximum absolute atomic E-state index is 11.8. The molecule has 2 N–H and O–H groups in total. The summed E-state index contributed by atoms with van der Waals surface area (Å²) in [5, 5.41) is 0.810. The first-order valence-corrected chi connectivity index (χ1v) is 5.84. The molecule has 0 radical (unpaired) electrons. The molecule has 3 nitrogen and oxygen atoms in total. The Morgan fingerprint density at radius 1 is 1.00 bits per heavy atom. The Morgan fingerprint density at radius 2 is 1.56 bits per heavy atom. The third kappa shape index (κ3) is 3.15. The lowest BCUT2D eigenvalue weighted by Gasteiger charge is -2.05. The summed E-state index contributed by atoms with van der Waals surface area (Å²) in [6, 6.07) is 11.0. The minimum atomic E-state index is -0.492. The molecule has 0 unspecified atom stereocenters. The SMILES string of the molecule is Nc1ccc(C(=O)Oc2cc(Cl)cc(Cl)c2)cc1. The lowest BCUT2D eigenvalue weighted by atomic mass is 10.2. The van der Waals surface area contributed by atoms with E-state index in [9.17, 15) is 4.79 Å². The van der Waals surface area contributed by atoms with Crippen molar-refractivity contribution >= 4 is 34.9 Å². The molecule has 0 aliphatic heterocycles. The quantitative estimate of drug-likeness (QED) is 0.518. The Balaban J connectivity index is 2.18. The molecule has 0 spiro atoms. The molecule has 0 aliphatic rings. The van der Waals surface area contributed by atoms with E-state index in [2.05, 4.69) is 0 Å². The van der Waals surface area contributed by atoms with Gasteiger partial charge in [0.1, 0.15) is 5.75 Å². The Labute approximate surface area is 114 Å². The zero-order valence-corrected chi connectivity index (χ0v) is 10.7. The monoisotopic (exact) mass is 281 g/mol. The highest BCUT2D eigenvalue weighted by Gasteiger charge is 2.09. The van der Waals surface area contributed by atoms with E-state index in [4.69, 9.17) is 33.7 Å². The van der Waals surface area contributed by atoms with Crippen LogP contribution in [0.25, 0.3) is 0 Å². The average Bonchev–Trinajstić information content (AvgIpc) is 2.28. The van der Waals surface area contributed by atoms with Gasteiger partial charge in [0.2, 0.25) is 0 Å². The first-order valence-electron chi connectivity index (χ1n) is 5.08. The summed E-state index contributed by atoms with van der Waals surface area (Å²) in [6.07, 6.45) is 0. The summed E-state index contributed by atoms with van der Waals surface area (Å²) >= 11 is 11.6. The first kappa shape index (κ1) is 12.7. The number of halogens is 2. The summed E-state index contributed by atoms with van der Waals surface area (Å²) in [6.45, 7) is 0. The molecule has 0 saturated heterocycles. The van der Waals surface area contributed by atoms with Crippen molar-refractivity contribution in [3.63, 3.8) is 0 Å². The van der Waals surface area contributed by atoms with Crippen LogP contribution < -0.4 is 10.5 Å². The predicted molar refractivity (Wildman–Crippen MR) is 72.3 cm³/mol. The summed E-state index contributed by atoms with van der Waals surface area (Å²) in [4.78, 5) is 11.8. The molecule has 2 aromatic carbocycles. The van der Waals surface area contributed by atoms with E-state index in [1.807, 2.05) is 0 Å². The highest BCUT2D eigenvalue weighted by atomic mass is 35.5. The van der Waals surface area contributed by atoms with Crippen molar-refractivity contribution in [2.75, 3.05) is 5.73 Å². The number of nitrogen functional groups attached to an aromatic ring is 1. The van der Waals surface area contributed by atoms with Gasteiger partial charge < -0.3 is 10.5 Å². The molecule has 0 atom stereocenters. The molecule has 0 saturated carbocycles. The number of rotatable bonds is 2. The molecule has 0 aromatic heterocycles. The van der Waals surface area contributed by atoms with Gasteiger partial charge in [0.25, 0.3) is 0 Å². The number of ether oxygens (including phenoxy) is 1. The van der Waals surface area contributed by atoms with Crippen molar-refractivity contribution in [1.82, 2.24) is 0 Å². The van der Waals surface area contributed by atoms with Gasteiger partial charge in [0.15, 0.2) is 0 Å². The highest BCUT2D eigenvalue weighted by Crippen LogP contribution is 2.24. The van der Waals surface area contributed by atoms with E-state index in [1.165, 1.54) is 12.1 Å². The van der Waals surface area contributed by atoms with Crippen molar-refractivity contribution in [3.8, 4) is 5.75 Å². The normalized spacial score (nSPS) is 10.1. The number of anilines is 1. The number of nitrogens with two attached hydrogens (primary N) is 1. The second-order valence-electron chi connectivity index (χ2n) is 3.62. The van der Waals surface area contributed by atoms with Crippen molar-refractivity contribution in [1.29, 1.82) is 0 Å². The Bertz CT molecular complexity index is 562. The number of hydrogen-bond acceptors (Lipinski definition) is 3. The van der Waals surface area contributed by atoms with Crippen molar-refractivity contribution in [3.05, 3.63) is 58.1 Å². The maximum atomic E-state index is 11.8. The fraction of sp³-hybridized carbons (Fsp3) is 0.